The molecule has 2 aliphatic heterocycles. The highest BCUT2D eigenvalue weighted by molar-refractivity contribution is 7.10. The van der Waals surface area contributed by atoms with E-state index in [0.717, 1.165) is 6.61 Å². The van der Waals surface area contributed by atoms with Gasteiger partial charge in [0.2, 0.25) is 0 Å². The smallest absolute Gasteiger partial charge is 0.0896 e. The molecule has 2 aliphatic rings. The van der Waals surface area contributed by atoms with Crippen molar-refractivity contribution in [2.24, 2.45) is 5.92 Å². The molecule has 0 amide bonds. The van der Waals surface area contributed by atoms with E-state index < -0.39 is 0 Å². The Kier molecular flexibility index (Phi) is 2.82. The van der Waals surface area contributed by atoms with Gasteiger partial charge in [-0.2, -0.15) is 0 Å². The molecule has 0 bridgehead atoms. The number of para-hydroxylation sites is 1. The Morgan fingerprint density at radius 1 is 1.16 bits per heavy atom. The van der Waals surface area contributed by atoms with Crippen LogP contribution < -0.4 is 5.32 Å². The van der Waals surface area contributed by atoms with E-state index in [4.69, 9.17) is 4.74 Å². The van der Waals surface area contributed by atoms with Crippen LogP contribution in [0.4, 0.5) is 5.69 Å². The molecule has 2 nitrogen and oxygen atoms in total. The van der Waals surface area contributed by atoms with Crippen LogP contribution in [0, 0.1) is 5.92 Å². The first-order valence-corrected chi connectivity index (χ1v) is 7.82. The van der Waals surface area contributed by atoms with Gasteiger partial charge in [-0.25, -0.2) is 0 Å². The summed E-state index contributed by atoms with van der Waals surface area (Å²) in [4.78, 5) is 1.43. The van der Waals surface area contributed by atoms with Crippen molar-refractivity contribution in [3.63, 3.8) is 0 Å². The Morgan fingerprint density at radius 3 is 3.00 bits per heavy atom. The molecule has 98 valence electrons. The quantitative estimate of drug-likeness (QED) is 0.831. The second-order valence-corrected chi connectivity index (χ2v) is 6.30. The van der Waals surface area contributed by atoms with E-state index in [-0.39, 0.29) is 6.10 Å². The molecule has 1 aromatic heterocycles. The largest absolute Gasteiger partial charge is 0.377 e. The Labute approximate surface area is 117 Å². The third-order valence-electron chi connectivity index (χ3n) is 4.22. The highest BCUT2D eigenvalue weighted by Gasteiger charge is 2.39. The number of hydrogen-bond acceptors (Lipinski definition) is 3. The van der Waals surface area contributed by atoms with Gasteiger partial charge in [0.1, 0.15) is 0 Å². The van der Waals surface area contributed by atoms with E-state index in [9.17, 15) is 0 Å². The maximum Gasteiger partial charge on any atom is 0.0896 e. The summed E-state index contributed by atoms with van der Waals surface area (Å²) in [6, 6.07) is 13.4. The fraction of sp³-hybridized carbons (Fsp3) is 0.375. The highest BCUT2D eigenvalue weighted by atomic mass is 32.1. The molecule has 0 aliphatic carbocycles. The average molecular weight is 271 g/mol. The summed E-state index contributed by atoms with van der Waals surface area (Å²) in [5, 5.41) is 5.89. The summed E-state index contributed by atoms with van der Waals surface area (Å²) >= 11 is 1.84. The SMILES string of the molecule is c1csc([C@H]2Nc3ccccc3[C@H]3OCCC[C@@H]23)c1. The molecule has 1 aromatic carbocycles. The summed E-state index contributed by atoms with van der Waals surface area (Å²) in [5.74, 6) is 0.558. The van der Waals surface area contributed by atoms with Crippen molar-refractivity contribution >= 4 is 17.0 Å². The topological polar surface area (TPSA) is 21.3 Å². The van der Waals surface area contributed by atoms with E-state index in [2.05, 4.69) is 47.1 Å². The van der Waals surface area contributed by atoms with Crippen molar-refractivity contribution in [2.75, 3.05) is 11.9 Å². The minimum atomic E-state index is 0.262. The zero-order valence-corrected chi connectivity index (χ0v) is 11.5. The molecular formula is C16H17NOS. The number of nitrogens with one attached hydrogen (secondary N) is 1. The monoisotopic (exact) mass is 271 g/mol. The van der Waals surface area contributed by atoms with Gasteiger partial charge in [0.15, 0.2) is 0 Å². The molecule has 3 atom stereocenters. The van der Waals surface area contributed by atoms with Crippen LogP contribution in [0.5, 0.6) is 0 Å². The first kappa shape index (κ1) is 11.5. The number of rotatable bonds is 1. The van der Waals surface area contributed by atoms with Crippen LogP contribution in [-0.2, 0) is 4.74 Å². The Balaban J connectivity index is 1.79. The lowest BCUT2D eigenvalue weighted by Gasteiger charge is -2.42. The Bertz CT molecular complexity index is 566. The Morgan fingerprint density at radius 2 is 2.11 bits per heavy atom. The lowest BCUT2D eigenvalue weighted by molar-refractivity contribution is -0.0377. The molecule has 0 unspecified atom stereocenters. The maximum absolute atomic E-state index is 6.10. The van der Waals surface area contributed by atoms with Crippen molar-refractivity contribution in [2.45, 2.75) is 25.0 Å². The molecule has 1 saturated heterocycles. The van der Waals surface area contributed by atoms with E-state index in [1.807, 2.05) is 11.3 Å². The summed E-state index contributed by atoms with van der Waals surface area (Å²) in [7, 11) is 0. The van der Waals surface area contributed by atoms with Gasteiger partial charge in [0, 0.05) is 28.7 Å². The second kappa shape index (κ2) is 4.66. The van der Waals surface area contributed by atoms with Crippen molar-refractivity contribution in [3.8, 4) is 0 Å². The lowest BCUT2D eigenvalue weighted by Crippen LogP contribution is -2.35. The first-order chi connectivity index (χ1) is 9.43. The average Bonchev–Trinajstić information content (AvgIpc) is 3.00. The van der Waals surface area contributed by atoms with Crippen molar-refractivity contribution < 1.29 is 4.74 Å². The lowest BCUT2D eigenvalue weighted by atomic mass is 9.79. The third-order valence-corrected chi connectivity index (χ3v) is 5.18. The number of ether oxygens (including phenoxy) is 1. The number of anilines is 1. The van der Waals surface area contributed by atoms with E-state index in [1.165, 1.54) is 29.0 Å². The zero-order valence-electron chi connectivity index (χ0n) is 10.7. The minimum Gasteiger partial charge on any atom is -0.377 e. The molecule has 1 fully saturated rings. The minimum absolute atomic E-state index is 0.262. The molecule has 2 aromatic rings. The van der Waals surface area contributed by atoms with Gasteiger partial charge in [-0.15, -0.1) is 11.3 Å². The molecule has 1 N–H and O–H groups in total. The van der Waals surface area contributed by atoms with Gasteiger partial charge in [0.05, 0.1) is 12.1 Å². The van der Waals surface area contributed by atoms with Crippen LogP contribution in [0.15, 0.2) is 41.8 Å². The molecule has 3 heterocycles. The van der Waals surface area contributed by atoms with Crippen LogP contribution in [0.1, 0.15) is 35.4 Å². The van der Waals surface area contributed by atoms with E-state index in [1.54, 1.807) is 0 Å². The number of fused-ring (bicyclic) bond motifs is 3. The van der Waals surface area contributed by atoms with Crippen molar-refractivity contribution in [1.29, 1.82) is 0 Å². The van der Waals surface area contributed by atoms with Crippen molar-refractivity contribution in [1.82, 2.24) is 0 Å². The van der Waals surface area contributed by atoms with Crippen molar-refractivity contribution in [3.05, 3.63) is 52.2 Å². The number of benzene rings is 1. The molecular weight excluding hydrogens is 254 g/mol. The maximum atomic E-state index is 6.10. The van der Waals surface area contributed by atoms with E-state index >= 15 is 0 Å². The van der Waals surface area contributed by atoms with Crippen LogP contribution in [-0.4, -0.2) is 6.61 Å². The van der Waals surface area contributed by atoms with Crippen LogP contribution in [0.2, 0.25) is 0 Å². The standard InChI is InChI=1S/C16H17NOS/c1-2-7-13-11(5-1)16-12(6-3-9-18-16)15(17-13)14-8-4-10-19-14/h1-2,4-5,7-8,10,12,15-17H,3,6,9H2/t12-,15-,16+/m0/s1. The molecule has 0 spiro atoms. The van der Waals surface area contributed by atoms with Crippen LogP contribution in [0.3, 0.4) is 0 Å². The molecule has 0 saturated carbocycles. The van der Waals surface area contributed by atoms with Gasteiger partial charge in [-0.05, 0) is 30.4 Å². The molecule has 19 heavy (non-hydrogen) atoms. The number of hydrogen-bond donors (Lipinski definition) is 1. The van der Waals surface area contributed by atoms with Crippen LogP contribution >= 0.6 is 11.3 Å². The predicted octanol–water partition coefficient (Wildman–Crippen LogP) is 4.38. The van der Waals surface area contributed by atoms with Crippen LogP contribution in [0.25, 0.3) is 0 Å². The third kappa shape index (κ3) is 1.88. The van der Waals surface area contributed by atoms with E-state index in [0.29, 0.717) is 12.0 Å². The molecule has 4 rings (SSSR count). The highest BCUT2D eigenvalue weighted by Crippen LogP contribution is 2.49. The zero-order chi connectivity index (χ0) is 12.7. The van der Waals surface area contributed by atoms with Gasteiger partial charge < -0.3 is 10.1 Å². The fourth-order valence-electron chi connectivity index (χ4n) is 3.37. The number of thiophene rings is 1. The predicted molar refractivity (Wildman–Crippen MR) is 78.5 cm³/mol. The molecule has 0 radical (unpaired) electrons. The first-order valence-electron chi connectivity index (χ1n) is 6.94. The second-order valence-electron chi connectivity index (χ2n) is 5.32. The Hall–Kier alpha value is -1.32. The van der Waals surface area contributed by atoms with Gasteiger partial charge in [-0.3, -0.25) is 0 Å². The fourth-order valence-corrected chi connectivity index (χ4v) is 4.22. The summed E-state index contributed by atoms with van der Waals surface area (Å²) < 4.78 is 6.10. The normalized spacial score (nSPS) is 29.2. The van der Waals surface area contributed by atoms with Gasteiger partial charge in [-0.1, -0.05) is 24.3 Å². The summed E-state index contributed by atoms with van der Waals surface area (Å²) in [6.07, 6.45) is 2.68. The van der Waals surface area contributed by atoms with Gasteiger partial charge >= 0.3 is 0 Å². The molecule has 3 heteroatoms. The van der Waals surface area contributed by atoms with Gasteiger partial charge in [0.25, 0.3) is 0 Å². The summed E-state index contributed by atoms with van der Waals surface area (Å²) in [5.41, 5.74) is 2.57. The summed E-state index contributed by atoms with van der Waals surface area (Å²) in [6.45, 7) is 0.895.